The highest BCUT2D eigenvalue weighted by Crippen LogP contribution is 2.30. The van der Waals surface area contributed by atoms with Gasteiger partial charge in [0.15, 0.2) is 0 Å². The highest BCUT2D eigenvalue weighted by atomic mass is 16.1. The first kappa shape index (κ1) is 19.1. The van der Waals surface area contributed by atoms with Crippen LogP contribution in [-0.2, 0) is 26.9 Å². The molecule has 1 N–H and O–H groups in total. The monoisotopic (exact) mass is 388 g/mol. The van der Waals surface area contributed by atoms with E-state index in [-0.39, 0.29) is 11.9 Å². The highest BCUT2D eigenvalue weighted by molar-refractivity contribution is 5.92. The summed E-state index contributed by atoms with van der Waals surface area (Å²) in [5.74, 6) is 1.23. The molecule has 5 nitrogen and oxygen atoms in total. The normalized spacial score (nSPS) is 13.9. The van der Waals surface area contributed by atoms with Gasteiger partial charge >= 0.3 is 0 Å². The average molecular weight is 389 g/mol. The Balaban J connectivity index is 1.50. The van der Waals surface area contributed by atoms with Gasteiger partial charge in [-0.15, -0.1) is 0 Å². The molecule has 1 aliphatic rings. The maximum Gasteiger partial charge on any atom is 0.267 e. The average Bonchev–Trinajstić information content (AvgIpc) is 3.34. The van der Waals surface area contributed by atoms with Crippen LogP contribution in [0.5, 0.6) is 0 Å². The summed E-state index contributed by atoms with van der Waals surface area (Å²) in [6.45, 7) is 0.631. The van der Waals surface area contributed by atoms with Crippen LogP contribution >= 0.6 is 0 Å². The van der Waals surface area contributed by atoms with Gasteiger partial charge in [0.2, 0.25) is 0 Å². The van der Waals surface area contributed by atoms with Crippen LogP contribution in [0.2, 0.25) is 0 Å². The molecule has 0 radical (unpaired) electrons. The molecule has 1 amide bonds. The number of aryl methyl sites for hydroxylation is 2. The quantitative estimate of drug-likeness (QED) is 0.671. The van der Waals surface area contributed by atoms with Crippen molar-refractivity contribution in [1.29, 1.82) is 0 Å². The molecule has 3 heterocycles. The molecule has 5 heteroatoms. The molecule has 3 aromatic rings. The zero-order chi connectivity index (χ0) is 20.2. The predicted molar refractivity (Wildman–Crippen MR) is 117 cm³/mol. The number of aromatic nitrogens is 2. The Hall–Kier alpha value is -3.21. The molecular weight excluding hydrogens is 360 g/mol. The fraction of sp³-hybridized carbons (Fsp3) is 0.292. The molecular formula is C24H28N4O. The smallest absolute Gasteiger partial charge is 0.267 e. The fourth-order valence-electron chi connectivity index (χ4n) is 4.10. The summed E-state index contributed by atoms with van der Waals surface area (Å²) in [5, 5.41) is 3.10. The molecule has 0 fully saturated rings. The van der Waals surface area contributed by atoms with Gasteiger partial charge in [0, 0.05) is 45.3 Å². The number of nitrogens with one attached hydrogen (secondary N) is 1. The van der Waals surface area contributed by atoms with E-state index < -0.39 is 0 Å². The molecule has 29 heavy (non-hydrogen) atoms. The van der Waals surface area contributed by atoms with Crippen molar-refractivity contribution < 1.29 is 4.79 Å². The zero-order valence-corrected chi connectivity index (χ0v) is 17.1. The number of anilines is 1. The van der Waals surface area contributed by atoms with E-state index in [1.165, 1.54) is 16.9 Å². The molecule has 0 saturated carbocycles. The summed E-state index contributed by atoms with van der Waals surface area (Å²) >= 11 is 0. The lowest BCUT2D eigenvalue weighted by molar-refractivity contribution is 0.0944. The number of fused-ring (bicyclic) bond motifs is 1. The van der Waals surface area contributed by atoms with E-state index in [0.29, 0.717) is 12.2 Å². The largest absolute Gasteiger partial charge is 0.351 e. The second kappa shape index (κ2) is 8.43. The van der Waals surface area contributed by atoms with E-state index >= 15 is 0 Å². The second-order valence-corrected chi connectivity index (χ2v) is 7.66. The van der Waals surface area contributed by atoms with Crippen LogP contribution in [0, 0.1) is 0 Å². The molecule has 0 aliphatic carbocycles. The minimum absolute atomic E-state index is 0.0234. The Morgan fingerprint density at radius 2 is 1.86 bits per heavy atom. The van der Waals surface area contributed by atoms with Crippen LogP contribution in [0.4, 0.5) is 5.82 Å². The van der Waals surface area contributed by atoms with E-state index in [2.05, 4.69) is 76.7 Å². The predicted octanol–water partition coefficient (Wildman–Crippen LogP) is 3.67. The van der Waals surface area contributed by atoms with E-state index in [4.69, 9.17) is 0 Å². The van der Waals surface area contributed by atoms with E-state index in [0.717, 1.165) is 19.3 Å². The third-order valence-corrected chi connectivity index (χ3v) is 5.62. The maximum absolute atomic E-state index is 12.5. The van der Waals surface area contributed by atoms with Gasteiger partial charge < -0.3 is 19.4 Å². The molecule has 0 spiro atoms. The maximum atomic E-state index is 12.5. The van der Waals surface area contributed by atoms with Crippen LogP contribution in [0.25, 0.3) is 0 Å². The second-order valence-electron chi connectivity index (χ2n) is 7.66. The van der Waals surface area contributed by atoms with Gasteiger partial charge in [-0.05, 0) is 48.6 Å². The molecule has 2 aromatic heterocycles. The summed E-state index contributed by atoms with van der Waals surface area (Å²) in [4.78, 5) is 14.9. The Bertz CT molecular complexity index is 999. The van der Waals surface area contributed by atoms with Crippen molar-refractivity contribution in [1.82, 2.24) is 14.5 Å². The molecule has 1 unspecified atom stereocenters. The van der Waals surface area contributed by atoms with Crippen molar-refractivity contribution in [3.63, 3.8) is 0 Å². The number of amides is 1. The molecule has 1 atom stereocenters. The van der Waals surface area contributed by atoms with Crippen molar-refractivity contribution in [3.8, 4) is 0 Å². The first-order valence-electron chi connectivity index (χ1n) is 10.2. The van der Waals surface area contributed by atoms with Crippen LogP contribution < -0.4 is 10.2 Å². The van der Waals surface area contributed by atoms with Crippen molar-refractivity contribution in [2.75, 3.05) is 11.4 Å². The summed E-state index contributed by atoms with van der Waals surface area (Å²) < 4.78 is 4.04. The van der Waals surface area contributed by atoms with E-state index in [9.17, 15) is 4.79 Å². The Morgan fingerprint density at radius 1 is 1.03 bits per heavy atom. The number of benzene rings is 1. The van der Waals surface area contributed by atoms with Crippen molar-refractivity contribution in [2.24, 2.45) is 14.1 Å². The molecule has 1 aromatic carbocycles. The van der Waals surface area contributed by atoms with Gasteiger partial charge in [-0.25, -0.2) is 0 Å². The van der Waals surface area contributed by atoms with Crippen LogP contribution in [-0.4, -0.2) is 27.6 Å². The first-order valence-corrected chi connectivity index (χ1v) is 10.2. The fourth-order valence-corrected chi connectivity index (χ4v) is 4.10. The first-order chi connectivity index (χ1) is 14.1. The number of carbonyl (C=O) groups is 1. The number of rotatable bonds is 7. The van der Waals surface area contributed by atoms with Crippen LogP contribution in [0.1, 0.15) is 28.0 Å². The Labute approximate surface area is 172 Å². The van der Waals surface area contributed by atoms with Gasteiger partial charge in [-0.2, -0.15) is 0 Å². The number of nitrogens with zero attached hydrogens (tertiary/aromatic N) is 3. The lowest BCUT2D eigenvalue weighted by Gasteiger charge is -2.34. The number of carbonyl (C=O) groups excluding carboxylic acids is 1. The zero-order valence-electron chi connectivity index (χ0n) is 17.1. The molecule has 150 valence electrons. The molecule has 0 saturated heterocycles. The van der Waals surface area contributed by atoms with Gasteiger partial charge in [0.25, 0.3) is 5.91 Å². The third kappa shape index (κ3) is 4.14. The molecule has 1 aliphatic heterocycles. The Morgan fingerprint density at radius 3 is 2.62 bits per heavy atom. The number of hydrogen-bond acceptors (Lipinski definition) is 2. The lowest BCUT2D eigenvalue weighted by Crippen LogP contribution is -2.39. The molecule has 0 bridgehead atoms. The standard InChI is InChI=1S/C24H28N4O/c1-26-15-7-11-22(26)23(29)25-14-12-21(18-19-8-4-3-5-9-19)28-16-6-10-20-13-17-27(2)24(20)28/h3-9,11,13,15-17,21H,10,12,14,18H2,1-2H3,(H,25,29). The summed E-state index contributed by atoms with van der Waals surface area (Å²) in [6.07, 6.45) is 11.2. The van der Waals surface area contributed by atoms with Crippen molar-refractivity contribution in [3.05, 3.63) is 90.0 Å². The Kier molecular flexibility index (Phi) is 5.56. The summed E-state index contributed by atoms with van der Waals surface area (Å²) in [6, 6.07) is 16.8. The van der Waals surface area contributed by atoms with Crippen LogP contribution in [0.15, 0.2) is 73.2 Å². The minimum atomic E-state index is -0.0234. The lowest BCUT2D eigenvalue weighted by atomic mass is 10.00. The molecule has 4 rings (SSSR count). The van der Waals surface area contributed by atoms with Crippen LogP contribution in [0.3, 0.4) is 0 Å². The third-order valence-electron chi connectivity index (χ3n) is 5.62. The van der Waals surface area contributed by atoms with E-state index in [1.807, 2.05) is 29.9 Å². The SMILES string of the molecule is Cn1cccc1C(=O)NCCC(Cc1ccccc1)N1C=CCc2ccn(C)c21. The van der Waals surface area contributed by atoms with Gasteiger partial charge in [0.05, 0.1) is 0 Å². The minimum Gasteiger partial charge on any atom is -0.351 e. The van der Waals surface area contributed by atoms with E-state index in [1.54, 1.807) is 0 Å². The highest BCUT2D eigenvalue weighted by Gasteiger charge is 2.24. The van der Waals surface area contributed by atoms with Gasteiger partial charge in [-0.1, -0.05) is 36.4 Å². The van der Waals surface area contributed by atoms with Crippen molar-refractivity contribution >= 4 is 11.7 Å². The summed E-state index contributed by atoms with van der Waals surface area (Å²) in [7, 11) is 3.99. The number of hydrogen-bond donors (Lipinski definition) is 1. The van der Waals surface area contributed by atoms with Crippen molar-refractivity contribution in [2.45, 2.75) is 25.3 Å². The van der Waals surface area contributed by atoms with Gasteiger partial charge in [0.1, 0.15) is 11.5 Å². The van der Waals surface area contributed by atoms with Gasteiger partial charge in [-0.3, -0.25) is 4.79 Å². The topological polar surface area (TPSA) is 42.2 Å². The number of allylic oxidation sites excluding steroid dienone is 1. The summed E-state index contributed by atoms with van der Waals surface area (Å²) in [5.41, 5.74) is 3.34.